The summed E-state index contributed by atoms with van der Waals surface area (Å²) in [5, 5.41) is 0.195. The number of allylic oxidation sites excluding steroid dienone is 2. The van der Waals surface area contributed by atoms with Gasteiger partial charge in [0.1, 0.15) is 5.78 Å². The SMILES string of the molecule is C[C@@H]1CC(=O)CC/C(O[Si](C)(C)C(C)(C)C)=C\[C@@H]1[Si](C)(C)C. The van der Waals surface area contributed by atoms with Crippen molar-refractivity contribution in [2.45, 2.75) is 90.3 Å². The van der Waals surface area contributed by atoms with Crippen LogP contribution in [0.3, 0.4) is 0 Å². The summed E-state index contributed by atoms with van der Waals surface area (Å²) >= 11 is 0. The van der Waals surface area contributed by atoms with Crippen molar-refractivity contribution in [3.05, 3.63) is 11.8 Å². The van der Waals surface area contributed by atoms with E-state index in [4.69, 9.17) is 4.43 Å². The lowest BCUT2D eigenvalue weighted by atomic mass is 9.94. The molecule has 1 rings (SSSR count). The monoisotopic (exact) mass is 340 g/mol. The first kappa shape index (κ1) is 19.7. The van der Waals surface area contributed by atoms with Crippen molar-refractivity contribution < 1.29 is 9.22 Å². The van der Waals surface area contributed by atoms with Gasteiger partial charge in [-0.15, -0.1) is 0 Å². The average molecular weight is 341 g/mol. The van der Waals surface area contributed by atoms with Crippen LogP contribution < -0.4 is 0 Å². The van der Waals surface area contributed by atoms with E-state index in [0.717, 1.165) is 18.6 Å². The van der Waals surface area contributed by atoms with Crippen LogP contribution in [0.2, 0.25) is 43.3 Å². The minimum absolute atomic E-state index is 0.195. The maximum atomic E-state index is 12.2. The van der Waals surface area contributed by atoms with Crippen LogP contribution in [0, 0.1) is 5.92 Å². The van der Waals surface area contributed by atoms with Gasteiger partial charge in [-0.05, 0) is 35.7 Å². The predicted octanol–water partition coefficient (Wildman–Crippen LogP) is 5.99. The molecular formula is C18H36O2Si2. The van der Waals surface area contributed by atoms with Crippen LogP contribution in [0.1, 0.15) is 47.0 Å². The van der Waals surface area contributed by atoms with Crippen molar-refractivity contribution in [3.8, 4) is 0 Å². The molecule has 0 spiro atoms. The summed E-state index contributed by atoms with van der Waals surface area (Å²) in [7, 11) is -3.19. The highest BCUT2D eigenvalue weighted by Crippen LogP contribution is 2.41. The van der Waals surface area contributed by atoms with Gasteiger partial charge in [-0.1, -0.05) is 47.3 Å². The number of Topliss-reactive ketones (excluding diaryl/α,β-unsaturated/α-hetero) is 1. The summed E-state index contributed by atoms with van der Waals surface area (Å²) in [6.07, 6.45) is 4.57. The highest BCUT2D eigenvalue weighted by molar-refractivity contribution is 6.78. The fourth-order valence-corrected chi connectivity index (χ4v) is 6.61. The molecule has 0 aliphatic heterocycles. The van der Waals surface area contributed by atoms with Gasteiger partial charge in [-0.2, -0.15) is 0 Å². The molecule has 128 valence electrons. The van der Waals surface area contributed by atoms with Crippen molar-refractivity contribution in [2.75, 3.05) is 0 Å². The van der Waals surface area contributed by atoms with Crippen molar-refractivity contribution >= 4 is 22.2 Å². The Hall–Kier alpha value is -0.356. The Bertz CT molecular complexity index is 439. The fourth-order valence-electron chi connectivity index (χ4n) is 2.97. The second-order valence-electron chi connectivity index (χ2n) is 9.61. The molecule has 4 heteroatoms. The standard InChI is InChI=1S/C18H36O2Si2/c1-14-12-15(19)10-11-16(13-17(14)21(5,6)7)20-22(8,9)18(2,3)4/h13-14,17H,10-12H2,1-9H3/b16-13+/t14-,17+/m1/s1. The molecule has 0 N–H and O–H groups in total. The Morgan fingerprint density at radius 2 is 1.64 bits per heavy atom. The Balaban J connectivity index is 3.13. The third kappa shape index (κ3) is 5.09. The normalized spacial score (nSPS) is 27.7. The van der Waals surface area contributed by atoms with Crippen molar-refractivity contribution in [3.63, 3.8) is 0 Å². The maximum Gasteiger partial charge on any atom is 0.250 e. The van der Waals surface area contributed by atoms with E-state index in [1.54, 1.807) is 0 Å². The molecule has 0 aromatic carbocycles. The van der Waals surface area contributed by atoms with Gasteiger partial charge in [0.2, 0.25) is 8.32 Å². The number of carbonyl (C=O) groups excluding carboxylic acids is 1. The molecule has 0 bridgehead atoms. The average Bonchev–Trinajstić information content (AvgIpc) is 2.27. The van der Waals surface area contributed by atoms with Crippen molar-refractivity contribution in [1.82, 2.24) is 0 Å². The molecule has 2 atom stereocenters. The number of ketones is 1. The second-order valence-corrected chi connectivity index (χ2v) is 19.7. The fraction of sp³-hybridized carbons (Fsp3) is 0.833. The highest BCUT2D eigenvalue weighted by Gasteiger charge is 2.40. The van der Waals surface area contributed by atoms with Gasteiger partial charge in [0, 0.05) is 19.3 Å². The third-order valence-corrected chi connectivity index (χ3v) is 12.5. The lowest BCUT2D eigenvalue weighted by Gasteiger charge is -2.39. The van der Waals surface area contributed by atoms with E-state index in [-0.39, 0.29) is 5.04 Å². The van der Waals surface area contributed by atoms with Crippen LogP contribution in [-0.2, 0) is 9.22 Å². The summed E-state index contributed by atoms with van der Waals surface area (Å²) in [4.78, 5) is 12.2. The zero-order valence-electron chi connectivity index (χ0n) is 16.2. The van der Waals surface area contributed by atoms with Crippen LogP contribution in [0.15, 0.2) is 11.8 Å². The number of hydrogen-bond donors (Lipinski definition) is 0. The topological polar surface area (TPSA) is 26.3 Å². The smallest absolute Gasteiger partial charge is 0.250 e. The first-order valence-corrected chi connectivity index (χ1v) is 15.1. The number of rotatable bonds is 3. The largest absolute Gasteiger partial charge is 0.547 e. The van der Waals surface area contributed by atoms with Gasteiger partial charge in [0.25, 0.3) is 0 Å². The molecule has 0 fully saturated rings. The van der Waals surface area contributed by atoms with E-state index in [1.165, 1.54) is 0 Å². The molecule has 1 aliphatic rings. The van der Waals surface area contributed by atoms with Gasteiger partial charge in [0.15, 0.2) is 0 Å². The second kappa shape index (κ2) is 6.64. The van der Waals surface area contributed by atoms with E-state index in [0.29, 0.717) is 23.7 Å². The molecule has 0 aromatic rings. The van der Waals surface area contributed by atoms with Crippen molar-refractivity contribution in [1.29, 1.82) is 0 Å². The Labute approximate surface area is 139 Å². The third-order valence-electron chi connectivity index (χ3n) is 5.37. The first-order valence-electron chi connectivity index (χ1n) is 8.65. The molecule has 1 aliphatic carbocycles. The molecule has 0 saturated carbocycles. The van der Waals surface area contributed by atoms with E-state index < -0.39 is 16.4 Å². The summed E-state index contributed by atoms with van der Waals surface area (Å²) in [6, 6.07) is 0. The van der Waals surface area contributed by atoms with Crippen molar-refractivity contribution in [2.24, 2.45) is 5.92 Å². The minimum atomic E-state index is -1.83. The lowest BCUT2D eigenvalue weighted by molar-refractivity contribution is -0.120. The Morgan fingerprint density at radius 3 is 2.09 bits per heavy atom. The molecule has 0 amide bonds. The van der Waals surface area contributed by atoms with E-state index in [9.17, 15) is 4.79 Å². The van der Waals surface area contributed by atoms with Crippen LogP contribution in [0.25, 0.3) is 0 Å². The molecule has 0 heterocycles. The number of hydrogen-bond acceptors (Lipinski definition) is 2. The predicted molar refractivity (Wildman–Crippen MR) is 101 cm³/mol. The zero-order valence-corrected chi connectivity index (χ0v) is 18.2. The van der Waals surface area contributed by atoms with Gasteiger partial charge < -0.3 is 4.43 Å². The Kier molecular flexibility index (Phi) is 5.94. The molecule has 0 radical (unpaired) electrons. The van der Waals surface area contributed by atoms with Gasteiger partial charge in [-0.3, -0.25) is 4.79 Å². The molecule has 2 nitrogen and oxygen atoms in total. The van der Waals surface area contributed by atoms with Gasteiger partial charge in [-0.25, -0.2) is 0 Å². The quantitative estimate of drug-likeness (QED) is 0.590. The summed E-state index contributed by atoms with van der Waals surface area (Å²) in [5.74, 6) is 1.94. The number of carbonyl (C=O) groups is 1. The summed E-state index contributed by atoms with van der Waals surface area (Å²) in [6.45, 7) is 20.9. The molecular weight excluding hydrogens is 304 g/mol. The molecule has 0 aromatic heterocycles. The zero-order chi connectivity index (χ0) is 17.3. The summed E-state index contributed by atoms with van der Waals surface area (Å²) in [5.41, 5.74) is 0.525. The van der Waals surface area contributed by atoms with Crippen LogP contribution >= 0.6 is 0 Å². The van der Waals surface area contributed by atoms with E-state index in [1.807, 2.05) is 0 Å². The molecule has 0 unspecified atom stereocenters. The Morgan fingerprint density at radius 1 is 1.09 bits per heavy atom. The lowest BCUT2D eigenvalue weighted by Crippen LogP contribution is -2.41. The van der Waals surface area contributed by atoms with Gasteiger partial charge >= 0.3 is 0 Å². The summed E-state index contributed by atoms with van der Waals surface area (Å²) < 4.78 is 6.57. The molecule has 22 heavy (non-hydrogen) atoms. The maximum absolute atomic E-state index is 12.2. The van der Waals surface area contributed by atoms with E-state index in [2.05, 4.69) is 66.5 Å². The minimum Gasteiger partial charge on any atom is -0.547 e. The van der Waals surface area contributed by atoms with Gasteiger partial charge in [0.05, 0.1) is 13.8 Å². The first-order chi connectivity index (χ1) is 9.74. The van der Waals surface area contributed by atoms with Crippen LogP contribution in [0.4, 0.5) is 0 Å². The van der Waals surface area contributed by atoms with Crippen LogP contribution in [-0.4, -0.2) is 22.2 Å². The van der Waals surface area contributed by atoms with E-state index >= 15 is 0 Å². The molecule has 0 saturated heterocycles. The van der Waals surface area contributed by atoms with Crippen LogP contribution in [0.5, 0.6) is 0 Å². The highest BCUT2D eigenvalue weighted by atomic mass is 28.4.